The maximum absolute atomic E-state index is 13.4. The second-order valence-corrected chi connectivity index (χ2v) is 19.2. The van der Waals surface area contributed by atoms with E-state index in [0.29, 0.717) is 36.1 Å². The molecule has 5 atom stereocenters. The Hall–Kier alpha value is -1.91. The maximum Gasteiger partial charge on any atom is 0.191 e. The Balaban J connectivity index is 1.23. The van der Waals surface area contributed by atoms with Gasteiger partial charge in [-0.05, 0) is 109 Å². The van der Waals surface area contributed by atoms with Crippen LogP contribution in [0.2, 0.25) is 18.1 Å². The van der Waals surface area contributed by atoms with Gasteiger partial charge in [-0.3, -0.25) is 4.79 Å². The monoisotopic (exact) mass is 546 g/mol. The number of ether oxygens (including phenoxy) is 1. The van der Waals surface area contributed by atoms with Crippen molar-refractivity contribution in [1.29, 1.82) is 0 Å². The number of hydrogen-bond donors (Lipinski definition) is 0. The van der Waals surface area contributed by atoms with E-state index in [9.17, 15) is 4.79 Å². The lowest BCUT2D eigenvalue weighted by atomic mass is 9.54. The van der Waals surface area contributed by atoms with Gasteiger partial charge in [0.05, 0.1) is 0 Å². The molecule has 5 rings (SSSR count). The van der Waals surface area contributed by atoms with Gasteiger partial charge in [0.2, 0.25) is 0 Å². The Morgan fingerprint density at radius 1 is 1.03 bits per heavy atom. The van der Waals surface area contributed by atoms with Gasteiger partial charge in [-0.25, -0.2) is 0 Å². The zero-order valence-corrected chi connectivity index (χ0v) is 26.2. The minimum absolute atomic E-state index is 0.111. The molecule has 0 bridgehead atoms. The minimum atomic E-state index is -1.68. The summed E-state index contributed by atoms with van der Waals surface area (Å²) in [5.41, 5.74) is 4.08. The number of ketones is 1. The van der Waals surface area contributed by atoms with E-state index in [0.717, 1.165) is 44.5 Å². The van der Waals surface area contributed by atoms with Crippen LogP contribution in [-0.4, -0.2) is 20.7 Å². The van der Waals surface area contributed by atoms with Gasteiger partial charge in [0.1, 0.15) is 18.1 Å². The van der Waals surface area contributed by atoms with E-state index >= 15 is 0 Å². The van der Waals surface area contributed by atoms with Gasteiger partial charge in [-0.15, -0.1) is 0 Å². The molecule has 0 saturated heterocycles. The summed E-state index contributed by atoms with van der Waals surface area (Å²) >= 11 is 0. The van der Waals surface area contributed by atoms with E-state index in [1.54, 1.807) is 0 Å². The first-order chi connectivity index (χ1) is 18.5. The number of hydrogen-bond acceptors (Lipinski definition) is 3. The molecule has 3 aliphatic rings. The molecule has 0 amide bonds. The zero-order chi connectivity index (χ0) is 27.8. The van der Waals surface area contributed by atoms with Crippen LogP contribution in [0.1, 0.15) is 95.2 Å². The van der Waals surface area contributed by atoms with E-state index < -0.39 is 8.32 Å². The van der Waals surface area contributed by atoms with E-state index in [4.69, 9.17) is 9.16 Å². The summed E-state index contributed by atoms with van der Waals surface area (Å²) in [4.78, 5) is 13.4. The van der Waals surface area contributed by atoms with Gasteiger partial charge >= 0.3 is 0 Å². The molecule has 0 radical (unpaired) electrons. The van der Waals surface area contributed by atoms with Crippen LogP contribution < -0.4 is 4.74 Å². The number of carbonyl (C=O) groups excluding carboxylic acids is 1. The van der Waals surface area contributed by atoms with Crippen molar-refractivity contribution in [2.24, 2.45) is 23.2 Å². The fourth-order valence-electron chi connectivity index (χ4n) is 7.77. The number of aryl methyl sites for hydroxylation is 1. The van der Waals surface area contributed by atoms with Gasteiger partial charge in [0.25, 0.3) is 0 Å². The van der Waals surface area contributed by atoms with Crippen LogP contribution in [0.4, 0.5) is 0 Å². The molecule has 0 aliphatic heterocycles. The molecule has 3 nitrogen and oxygen atoms in total. The van der Waals surface area contributed by atoms with Crippen molar-refractivity contribution in [2.75, 3.05) is 6.61 Å². The summed E-state index contributed by atoms with van der Waals surface area (Å²) in [6.07, 6.45) is 8.77. The molecular formula is C35H50O3Si. The molecule has 4 heteroatoms. The molecule has 3 aliphatic carbocycles. The molecule has 2 saturated carbocycles. The predicted octanol–water partition coefficient (Wildman–Crippen LogP) is 9.11. The van der Waals surface area contributed by atoms with Gasteiger partial charge < -0.3 is 9.16 Å². The minimum Gasteiger partial charge on any atom is -0.489 e. The molecule has 2 fully saturated rings. The summed E-state index contributed by atoms with van der Waals surface area (Å²) in [6, 6.07) is 17.2. The second-order valence-electron chi connectivity index (χ2n) is 14.4. The molecule has 212 valence electrons. The quantitative estimate of drug-likeness (QED) is 0.232. The van der Waals surface area contributed by atoms with E-state index in [-0.39, 0.29) is 10.5 Å². The third-order valence-electron chi connectivity index (χ3n) is 11.0. The average molecular weight is 547 g/mol. The van der Waals surface area contributed by atoms with Crippen LogP contribution in [0, 0.1) is 23.2 Å². The molecule has 2 aromatic rings. The van der Waals surface area contributed by atoms with Crippen LogP contribution in [0.15, 0.2) is 48.5 Å². The van der Waals surface area contributed by atoms with Crippen molar-refractivity contribution in [3.05, 3.63) is 65.2 Å². The van der Waals surface area contributed by atoms with E-state index in [1.165, 1.54) is 36.0 Å². The van der Waals surface area contributed by atoms with Gasteiger partial charge in [0.15, 0.2) is 8.32 Å². The fraction of sp³-hybridized carbons (Fsp3) is 0.629. The molecule has 3 unspecified atom stereocenters. The Labute approximate surface area is 238 Å². The van der Waals surface area contributed by atoms with Crippen LogP contribution in [-0.2, 0) is 22.2 Å². The Bertz CT molecular complexity index is 1150. The SMILES string of the molecule is CC(C)(C)[Si](C)(C)OCCCC[C@@H]1CC(=O)[C@@]2(C)CCC3c4ccc(OCc5ccccc5)cc4CCC3C12. The number of benzene rings is 2. The standard InChI is InChI=1S/C35H50O3Si/c1-34(2,3)39(5,6)38-21-11-10-14-27-23-32(36)35(4)20-19-30-29-18-16-28(37-24-25-12-8-7-9-13-25)22-26(29)15-17-31(30)33(27)35/h7-9,12-13,16,18,22,27,30-31,33H,10-11,14-15,17,19-21,23-24H2,1-6H3/t27-,30?,31?,33?,35-/m1/s1. The average Bonchev–Trinajstić information content (AvgIpc) is 3.16. The highest BCUT2D eigenvalue weighted by atomic mass is 28.4. The maximum atomic E-state index is 13.4. The van der Waals surface area contributed by atoms with E-state index in [1.807, 2.05) is 6.07 Å². The van der Waals surface area contributed by atoms with Crippen LogP contribution in [0.5, 0.6) is 5.75 Å². The van der Waals surface area contributed by atoms with Crippen molar-refractivity contribution in [1.82, 2.24) is 0 Å². The van der Waals surface area contributed by atoms with Gasteiger partial charge in [0, 0.05) is 18.4 Å². The number of Topliss-reactive ketones (excluding diaryl/α,β-unsaturated/α-hetero) is 1. The highest BCUT2D eigenvalue weighted by molar-refractivity contribution is 6.74. The lowest BCUT2D eigenvalue weighted by molar-refractivity contribution is -0.129. The number of fused-ring (bicyclic) bond motifs is 5. The van der Waals surface area contributed by atoms with Crippen LogP contribution in [0.3, 0.4) is 0 Å². The molecule has 0 N–H and O–H groups in total. The van der Waals surface area contributed by atoms with Crippen molar-refractivity contribution < 1.29 is 14.0 Å². The Morgan fingerprint density at radius 3 is 2.54 bits per heavy atom. The Morgan fingerprint density at radius 2 is 1.79 bits per heavy atom. The number of carbonyl (C=O) groups is 1. The number of unbranched alkanes of at least 4 members (excludes halogenated alkanes) is 1. The highest BCUT2D eigenvalue weighted by Crippen LogP contribution is 2.62. The normalized spacial score (nSPS) is 28.5. The molecule has 0 spiro atoms. The largest absolute Gasteiger partial charge is 0.489 e. The second kappa shape index (κ2) is 11.2. The molecular weight excluding hydrogens is 496 g/mol. The first-order valence-electron chi connectivity index (χ1n) is 15.5. The lowest BCUT2D eigenvalue weighted by Crippen LogP contribution is -2.44. The highest BCUT2D eigenvalue weighted by Gasteiger charge is 2.58. The first-order valence-corrected chi connectivity index (χ1v) is 18.4. The van der Waals surface area contributed by atoms with Gasteiger partial charge in [-0.2, -0.15) is 0 Å². The van der Waals surface area contributed by atoms with Gasteiger partial charge in [-0.1, -0.05) is 70.5 Å². The van der Waals surface area contributed by atoms with Crippen molar-refractivity contribution in [3.63, 3.8) is 0 Å². The van der Waals surface area contributed by atoms with E-state index in [2.05, 4.69) is 83.3 Å². The fourth-order valence-corrected chi connectivity index (χ4v) is 8.85. The van der Waals surface area contributed by atoms with Crippen molar-refractivity contribution >= 4 is 14.1 Å². The first kappa shape index (κ1) is 28.6. The summed E-state index contributed by atoms with van der Waals surface area (Å²) < 4.78 is 12.6. The summed E-state index contributed by atoms with van der Waals surface area (Å²) in [5, 5.41) is 0.260. The summed E-state index contributed by atoms with van der Waals surface area (Å²) in [5.74, 6) is 3.82. The summed E-state index contributed by atoms with van der Waals surface area (Å²) in [7, 11) is -1.68. The molecule has 2 aromatic carbocycles. The summed E-state index contributed by atoms with van der Waals surface area (Å²) in [6.45, 7) is 15.4. The number of rotatable bonds is 9. The predicted molar refractivity (Wildman–Crippen MR) is 163 cm³/mol. The van der Waals surface area contributed by atoms with Crippen LogP contribution in [0.25, 0.3) is 0 Å². The third kappa shape index (κ3) is 5.79. The molecule has 0 aromatic heterocycles. The molecule has 39 heavy (non-hydrogen) atoms. The molecule has 0 heterocycles. The van der Waals surface area contributed by atoms with Crippen molar-refractivity contribution in [2.45, 2.75) is 110 Å². The smallest absolute Gasteiger partial charge is 0.191 e. The topological polar surface area (TPSA) is 35.5 Å². The third-order valence-corrected chi connectivity index (χ3v) is 15.6. The Kier molecular flexibility index (Phi) is 8.19. The lowest BCUT2D eigenvalue weighted by Gasteiger charge is -2.50. The van der Waals surface area contributed by atoms with Crippen LogP contribution >= 0.6 is 0 Å². The zero-order valence-electron chi connectivity index (χ0n) is 25.2. The van der Waals surface area contributed by atoms with Crippen molar-refractivity contribution in [3.8, 4) is 5.75 Å².